The summed E-state index contributed by atoms with van der Waals surface area (Å²) in [7, 11) is 0. The zero-order chi connectivity index (χ0) is 20.4. The van der Waals surface area contributed by atoms with Gasteiger partial charge >= 0.3 is 0 Å². The van der Waals surface area contributed by atoms with E-state index < -0.39 is 0 Å². The third-order valence-electron chi connectivity index (χ3n) is 6.05. The van der Waals surface area contributed by atoms with Crippen LogP contribution in [0, 0.1) is 18.7 Å². The number of carbonyl (C=O) groups excluding carboxylic acids is 1. The summed E-state index contributed by atoms with van der Waals surface area (Å²) in [5.74, 6) is 0.222. The van der Waals surface area contributed by atoms with E-state index in [0.29, 0.717) is 50.0 Å². The summed E-state index contributed by atoms with van der Waals surface area (Å²) in [6.07, 6.45) is 3.48. The van der Waals surface area contributed by atoms with Gasteiger partial charge in [0.05, 0.1) is 38.1 Å². The summed E-state index contributed by atoms with van der Waals surface area (Å²) in [6, 6.07) is 6.69. The lowest BCUT2D eigenvalue weighted by atomic mass is 9.85. The second kappa shape index (κ2) is 8.24. The van der Waals surface area contributed by atoms with Gasteiger partial charge in [-0.1, -0.05) is 18.2 Å². The molecule has 2 aromatic rings. The molecule has 1 amide bonds. The first-order chi connectivity index (χ1) is 14.0. The number of likely N-dealkylation sites (tertiary alicyclic amines) is 1. The Labute approximate surface area is 170 Å². The maximum atomic E-state index is 13.6. The van der Waals surface area contributed by atoms with Gasteiger partial charge in [0, 0.05) is 24.4 Å². The van der Waals surface area contributed by atoms with Gasteiger partial charge in [0.25, 0.3) is 5.91 Å². The Hall–Kier alpha value is -2.25. The molecule has 0 saturated carbocycles. The van der Waals surface area contributed by atoms with Crippen LogP contribution in [-0.4, -0.2) is 52.5 Å². The van der Waals surface area contributed by atoms with E-state index >= 15 is 0 Å². The molecular weight excluding hydrogens is 373 g/mol. The lowest BCUT2D eigenvalue weighted by molar-refractivity contribution is -0.0950. The number of hydrogen-bond donors (Lipinski definition) is 0. The van der Waals surface area contributed by atoms with Gasteiger partial charge < -0.3 is 14.4 Å². The van der Waals surface area contributed by atoms with Gasteiger partial charge in [0.1, 0.15) is 11.4 Å². The summed E-state index contributed by atoms with van der Waals surface area (Å²) >= 11 is 0. The molecule has 1 aromatic heterocycles. The van der Waals surface area contributed by atoms with Gasteiger partial charge in [-0.15, -0.1) is 0 Å². The molecule has 7 heteroatoms. The van der Waals surface area contributed by atoms with Crippen LogP contribution in [0.3, 0.4) is 0 Å². The summed E-state index contributed by atoms with van der Waals surface area (Å²) in [5.41, 5.74) is 1.97. The van der Waals surface area contributed by atoms with E-state index in [-0.39, 0.29) is 17.3 Å². The number of halogens is 1. The molecule has 1 spiro atoms. The highest BCUT2D eigenvalue weighted by Crippen LogP contribution is 2.39. The maximum Gasteiger partial charge on any atom is 0.257 e. The lowest BCUT2D eigenvalue weighted by Gasteiger charge is -2.47. The second-order valence-electron chi connectivity index (χ2n) is 8.12. The van der Waals surface area contributed by atoms with Crippen LogP contribution in [0.15, 0.2) is 30.5 Å². The van der Waals surface area contributed by atoms with E-state index in [4.69, 9.17) is 9.47 Å². The minimum Gasteiger partial charge on any atom is -0.377 e. The van der Waals surface area contributed by atoms with Gasteiger partial charge in [-0.25, -0.2) is 4.39 Å². The van der Waals surface area contributed by atoms with E-state index in [1.165, 1.54) is 6.07 Å². The van der Waals surface area contributed by atoms with Gasteiger partial charge in [0.15, 0.2) is 0 Å². The molecule has 4 rings (SSSR count). The largest absolute Gasteiger partial charge is 0.377 e. The first-order valence-electron chi connectivity index (χ1n) is 10.3. The van der Waals surface area contributed by atoms with Crippen molar-refractivity contribution < 1.29 is 18.7 Å². The maximum absolute atomic E-state index is 13.6. The number of carbonyl (C=O) groups is 1. The molecule has 1 unspecified atom stereocenters. The molecule has 2 aliphatic rings. The number of aryl methyl sites for hydroxylation is 1. The molecule has 0 bridgehead atoms. The smallest absolute Gasteiger partial charge is 0.257 e. The highest BCUT2D eigenvalue weighted by Gasteiger charge is 2.51. The first-order valence-corrected chi connectivity index (χ1v) is 10.3. The molecule has 3 heterocycles. The zero-order valence-electron chi connectivity index (χ0n) is 17.1. The van der Waals surface area contributed by atoms with Gasteiger partial charge in [-0.05, 0) is 38.7 Å². The predicted molar refractivity (Wildman–Crippen MR) is 106 cm³/mol. The Balaban J connectivity index is 1.21. The van der Waals surface area contributed by atoms with Crippen molar-refractivity contribution in [1.29, 1.82) is 0 Å². The third kappa shape index (κ3) is 4.07. The van der Waals surface area contributed by atoms with Crippen molar-refractivity contribution in [2.24, 2.45) is 5.92 Å². The fourth-order valence-corrected chi connectivity index (χ4v) is 4.33. The van der Waals surface area contributed by atoms with Crippen LogP contribution < -0.4 is 0 Å². The zero-order valence-corrected chi connectivity index (χ0v) is 17.1. The van der Waals surface area contributed by atoms with Gasteiger partial charge in [-0.2, -0.15) is 5.10 Å². The number of benzene rings is 1. The molecule has 29 heavy (non-hydrogen) atoms. The monoisotopic (exact) mass is 401 g/mol. The summed E-state index contributed by atoms with van der Waals surface area (Å²) in [4.78, 5) is 14.6. The molecule has 0 N–H and O–H groups in total. The van der Waals surface area contributed by atoms with Crippen LogP contribution in [0.1, 0.15) is 41.4 Å². The van der Waals surface area contributed by atoms with Crippen LogP contribution in [0.25, 0.3) is 0 Å². The van der Waals surface area contributed by atoms with Crippen molar-refractivity contribution >= 4 is 5.91 Å². The second-order valence-corrected chi connectivity index (χ2v) is 8.12. The van der Waals surface area contributed by atoms with Gasteiger partial charge in [-0.3, -0.25) is 9.48 Å². The summed E-state index contributed by atoms with van der Waals surface area (Å²) < 4.78 is 27.2. The fourth-order valence-electron chi connectivity index (χ4n) is 4.33. The molecule has 1 atom stereocenters. The number of hydrogen-bond acceptors (Lipinski definition) is 4. The van der Waals surface area contributed by atoms with Crippen molar-refractivity contribution in [3.05, 3.63) is 53.1 Å². The molecule has 0 radical (unpaired) electrons. The van der Waals surface area contributed by atoms with Crippen molar-refractivity contribution in [3.63, 3.8) is 0 Å². The van der Waals surface area contributed by atoms with Crippen LogP contribution in [0.5, 0.6) is 0 Å². The Bertz CT molecular complexity index is 876. The lowest BCUT2D eigenvalue weighted by Crippen LogP contribution is -2.63. The third-order valence-corrected chi connectivity index (χ3v) is 6.05. The van der Waals surface area contributed by atoms with Gasteiger partial charge in [0.2, 0.25) is 0 Å². The molecule has 2 saturated heterocycles. The average Bonchev–Trinajstić information content (AvgIpc) is 3.28. The number of nitrogens with zero attached hydrogens (tertiary/aromatic N) is 3. The van der Waals surface area contributed by atoms with E-state index in [9.17, 15) is 9.18 Å². The molecule has 2 aliphatic heterocycles. The topological polar surface area (TPSA) is 56.6 Å². The standard InChI is InChI=1S/C22H28FN3O3/c1-3-26-16(2)19(11-24-26)21(27)25-14-22(15-25)10-17(12-29-22)8-9-28-13-18-6-4-5-7-20(18)23/h4-7,11,17H,3,8-10,12-15H2,1-2H3. The predicted octanol–water partition coefficient (Wildman–Crippen LogP) is 3.19. The Kier molecular flexibility index (Phi) is 5.69. The summed E-state index contributed by atoms with van der Waals surface area (Å²) in [5, 5.41) is 4.27. The van der Waals surface area contributed by atoms with Crippen molar-refractivity contribution in [2.75, 3.05) is 26.3 Å². The van der Waals surface area contributed by atoms with E-state index in [1.54, 1.807) is 18.3 Å². The first kappa shape index (κ1) is 20.0. The average molecular weight is 401 g/mol. The number of amides is 1. The highest BCUT2D eigenvalue weighted by atomic mass is 19.1. The molecular formula is C22H28FN3O3. The van der Waals surface area contributed by atoms with Crippen LogP contribution in [-0.2, 0) is 22.6 Å². The summed E-state index contributed by atoms with van der Waals surface area (Å²) in [6.45, 7) is 7.53. The van der Waals surface area contributed by atoms with E-state index in [2.05, 4.69) is 5.10 Å². The van der Waals surface area contributed by atoms with Crippen molar-refractivity contribution in [1.82, 2.24) is 14.7 Å². The normalized spacial score (nSPS) is 20.2. The number of aromatic nitrogens is 2. The SMILES string of the molecule is CCn1ncc(C(=O)N2CC3(CC(CCOCc4ccccc4F)CO3)C2)c1C. The van der Waals surface area contributed by atoms with Crippen LogP contribution >= 0.6 is 0 Å². The minimum atomic E-state index is -0.227. The Morgan fingerprint density at radius 1 is 1.38 bits per heavy atom. The van der Waals surface area contributed by atoms with E-state index in [1.807, 2.05) is 29.5 Å². The van der Waals surface area contributed by atoms with Crippen LogP contribution in [0.2, 0.25) is 0 Å². The molecule has 0 aliphatic carbocycles. The Morgan fingerprint density at radius 2 is 2.17 bits per heavy atom. The molecule has 156 valence electrons. The Morgan fingerprint density at radius 3 is 2.90 bits per heavy atom. The molecule has 6 nitrogen and oxygen atoms in total. The minimum absolute atomic E-state index is 0.0353. The number of ether oxygens (including phenoxy) is 2. The fraction of sp³-hybridized carbons (Fsp3) is 0.545. The highest BCUT2D eigenvalue weighted by molar-refractivity contribution is 5.95. The van der Waals surface area contributed by atoms with Crippen LogP contribution in [0.4, 0.5) is 4.39 Å². The quantitative estimate of drug-likeness (QED) is 0.669. The van der Waals surface area contributed by atoms with Crippen molar-refractivity contribution in [3.8, 4) is 0 Å². The molecule has 2 fully saturated rings. The number of rotatable bonds is 7. The van der Waals surface area contributed by atoms with Crippen molar-refractivity contribution in [2.45, 2.75) is 45.4 Å². The molecule has 1 aromatic carbocycles. The van der Waals surface area contributed by atoms with E-state index in [0.717, 1.165) is 25.1 Å².